The Morgan fingerprint density at radius 2 is 2.00 bits per heavy atom. The van der Waals surface area contributed by atoms with Crippen LogP contribution in [0.25, 0.3) is 0 Å². The van der Waals surface area contributed by atoms with Gasteiger partial charge in [-0.2, -0.15) is 0 Å². The van der Waals surface area contributed by atoms with Crippen LogP contribution in [0.3, 0.4) is 0 Å². The average molecular weight is 231 g/mol. The van der Waals surface area contributed by atoms with Gasteiger partial charge in [0.2, 0.25) is 0 Å². The Kier molecular flexibility index (Phi) is 5.37. The number of halogens is 1. The molecule has 66 valence electrons. The van der Waals surface area contributed by atoms with Crippen LogP contribution in [0.1, 0.15) is 12.5 Å². The molecule has 0 aromatic heterocycles. The zero-order valence-corrected chi connectivity index (χ0v) is 8.63. The second-order valence-electron chi connectivity index (χ2n) is 2.17. The number of aldehydes is 1. The van der Waals surface area contributed by atoms with Crippen LogP contribution in [0.2, 0.25) is 0 Å². The van der Waals surface area contributed by atoms with E-state index in [1.807, 2.05) is 19.1 Å². The van der Waals surface area contributed by atoms with Crippen molar-refractivity contribution in [3.63, 3.8) is 0 Å². The fraction of sp³-hybridized carbons (Fsp3) is 0.222. The summed E-state index contributed by atoms with van der Waals surface area (Å²) >= 11 is 3.29. The van der Waals surface area contributed by atoms with E-state index >= 15 is 0 Å². The zero-order chi connectivity index (χ0) is 9.56. The molecule has 0 aliphatic heterocycles. The first-order valence-corrected chi connectivity index (χ1v) is 4.26. The summed E-state index contributed by atoms with van der Waals surface area (Å²) in [5.41, 5.74) is 0.893. The molecule has 0 saturated carbocycles. The van der Waals surface area contributed by atoms with Gasteiger partial charge in [0.05, 0.1) is 0 Å². The number of carbonyl (C=O) groups is 1. The molecule has 0 heterocycles. The maximum atomic E-state index is 9.02. The van der Waals surface area contributed by atoms with E-state index in [2.05, 4.69) is 15.9 Å². The van der Waals surface area contributed by atoms with E-state index in [0.29, 0.717) is 5.75 Å². The molecule has 0 saturated heterocycles. The van der Waals surface area contributed by atoms with Gasteiger partial charge < -0.3 is 9.90 Å². The SMILES string of the molecule is CC=O.Cc1cc(Br)ccc1O. The second-order valence-corrected chi connectivity index (χ2v) is 3.08. The van der Waals surface area contributed by atoms with Crippen molar-refractivity contribution < 1.29 is 9.90 Å². The van der Waals surface area contributed by atoms with Gasteiger partial charge in [-0.1, -0.05) is 15.9 Å². The molecule has 1 rings (SSSR count). The van der Waals surface area contributed by atoms with Gasteiger partial charge >= 0.3 is 0 Å². The van der Waals surface area contributed by atoms with Gasteiger partial charge in [-0.15, -0.1) is 0 Å². The van der Waals surface area contributed by atoms with E-state index in [0.717, 1.165) is 16.3 Å². The van der Waals surface area contributed by atoms with Crippen molar-refractivity contribution in [3.05, 3.63) is 28.2 Å². The number of carbonyl (C=O) groups excluding carboxylic acids is 1. The summed E-state index contributed by atoms with van der Waals surface area (Å²) in [6.45, 7) is 3.31. The van der Waals surface area contributed by atoms with Crippen molar-refractivity contribution in [2.24, 2.45) is 0 Å². The Hall–Kier alpha value is -0.830. The van der Waals surface area contributed by atoms with E-state index in [1.165, 1.54) is 6.92 Å². The van der Waals surface area contributed by atoms with Crippen LogP contribution in [0.5, 0.6) is 5.75 Å². The van der Waals surface area contributed by atoms with Crippen molar-refractivity contribution in [1.29, 1.82) is 0 Å². The second kappa shape index (κ2) is 5.77. The number of phenolic OH excluding ortho intramolecular Hbond substituents is 1. The number of hydrogen-bond acceptors (Lipinski definition) is 2. The Labute approximate surface area is 80.4 Å². The minimum atomic E-state index is 0.346. The molecule has 0 atom stereocenters. The van der Waals surface area contributed by atoms with Crippen LogP contribution < -0.4 is 0 Å². The lowest BCUT2D eigenvalue weighted by Crippen LogP contribution is -1.72. The van der Waals surface area contributed by atoms with E-state index in [-0.39, 0.29) is 0 Å². The summed E-state index contributed by atoms with van der Waals surface area (Å²) in [6.07, 6.45) is 0.750. The first kappa shape index (κ1) is 11.2. The van der Waals surface area contributed by atoms with Crippen LogP contribution in [-0.2, 0) is 4.79 Å². The summed E-state index contributed by atoms with van der Waals surface area (Å²) < 4.78 is 0.998. The molecule has 0 fully saturated rings. The molecule has 0 spiro atoms. The fourth-order valence-electron chi connectivity index (χ4n) is 0.619. The predicted molar refractivity (Wildman–Crippen MR) is 52.3 cm³/mol. The third kappa shape index (κ3) is 4.13. The lowest BCUT2D eigenvalue weighted by Gasteiger charge is -1.96. The Morgan fingerprint density at radius 3 is 2.33 bits per heavy atom. The molecular weight excluding hydrogens is 220 g/mol. The molecule has 0 unspecified atom stereocenters. The van der Waals surface area contributed by atoms with E-state index in [4.69, 9.17) is 9.90 Å². The van der Waals surface area contributed by atoms with Gasteiger partial charge in [0.15, 0.2) is 0 Å². The van der Waals surface area contributed by atoms with Gasteiger partial charge in [-0.05, 0) is 37.6 Å². The Bertz CT molecular complexity index is 259. The van der Waals surface area contributed by atoms with Gasteiger partial charge in [-0.3, -0.25) is 0 Å². The number of benzene rings is 1. The molecule has 0 bridgehead atoms. The smallest absolute Gasteiger partial charge is 0.118 e. The van der Waals surface area contributed by atoms with E-state index in [1.54, 1.807) is 6.07 Å². The van der Waals surface area contributed by atoms with Crippen LogP contribution in [0.4, 0.5) is 0 Å². The van der Waals surface area contributed by atoms with E-state index in [9.17, 15) is 0 Å². The highest BCUT2D eigenvalue weighted by atomic mass is 79.9. The summed E-state index contributed by atoms with van der Waals surface area (Å²) in [5, 5.41) is 9.02. The maximum absolute atomic E-state index is 9.02. The Morgan fingerprint density at radius 1 is 1.50 bits per heavy atom. The largest absolute Gasteiger partial charge is 0.508 e. The monoisotopic (exact) mass is 230 g/mol. The number of phenols is 1. The normalized spacial score (nSPS) is 8.25. The minimum Gasteiger partial charge on any atom is -0.508 e. The van der Waals surface area contributed by atoms with Crippen molar-refractivity contribution in [2.75, 3.05) is 0 Å². The highest BCUT2D eigenvalue weighted by Crippen LogP contribution is 2.19. The van der Waals surface area contributed by atoms with Gasteiger partial charge in [0.25, 0.3) is 0 Å². The lowest BCUT2D eigenvalue weighted by atomic mass is 10.2. The fourth-order valence-corrected chi connectivity index (χ4v) is 1.09. The van der Waals surface area contributed by atoms with Crippen LogP contribution in [0, 0.1) is 6.92 Å². The van der Waals surface area contributed by atoms with Crippen molar-refractivity contribution >= 4 is 22.2 Å². The highest BCUT2D eigenvalue weighted by molar-refractivity contribution is 9.10. The molecule has 2 nitrogen and oxygen atoms in total. The van der Waals surface area contributed by atoms with Crippen LogP contribution in [0.15, 0.2) is 22.7 Å². The molecule has 1 aromatic carbocycles. The molecule has 1 aromatic rings. The topological polar surface area (TPSA) is 37.3 Å². The third-order valence-electron chi connectivity index (χ3n) is 1.16. The average Bonchev–Trinajstić information content (AvgIpc) is 1.99. The van der Waals surface area contributed by atoms with E-state index < -0.39 is 0 Å². The van der Waals surface area contributed by atoms with Crippen molar-refractivity contribution in [2.45, 2.75) is 13.8 Å². The van der Waals surface area contributed by atoms with Gasteiger partial charge in [0, 0.05) is 4.47 Å². The first-order chi connectivity index (χ1) is 5.61. The third-order valence-corrected chi connectivity index (χ3v) is 1.65. The maximum Gasteiger partial charge on any atom is 0.118 e. The minimum absolute atomic E-state index is 0.346. The molecule has 3 heteroatoms. The first-order valence-electron chi connectivity index (χ1n) is 3.46. The molecule has 12 heavy (non-hydrogen) atoms. The summed E-state index contributed by atoms with van der Waals surface area (Å²) in [4.78, 5) is 8.81. The standard InChI is InChI=1S/C7H7BrO.C2H4O/c1-5-4-6(8)2-3-7(5)9;1-2-3/h2-4,9H,1H3;2H,1H3. The van der Waals surface area contributed by atoms with Crippen molar-refractivity contribution in [3.8, 4) is 5.75 Å². The van der Waals surface area contributed by atoms with Crippen LogP contribution in [-0.4, -0.2) is 11.4 Å². The molecular formula is C9H11BrO2. The predicted octanol–water partition coefficient (Wildman–Crippen LogP) is 2.67. The van der Waals surface area contributed by atoms with Gasteiger partial charge in [0.1, 0.15) is 12.0 Å². The molecule has 1 N–H and O–H groups in total. The van der Waals surface area contributed by atoms with Gasteiger partial charge in [-0.25, -0.2) is 0 Å². The van der Waals surface area contributed by atoms with Crippen molar-refractivity contribution in [1.82, 2.24) is 0 Å². The molecule has 0 aliphatic rings. The quantitative estimate of drug-likeness (QED) is 0.697. The summed E-state index contributed by atoms with van der Waals surface area (Å²) in [7, 11) is 0. The zero-order valence-electron chi connectivity index (χ0n) is 7.04. The molecule has 0 aliphatic carbocycles. The number of aromatic hydroxyl groups is 1. The summed E-state index contributed by atoms with van der Waals surface area (Å²) in [5.74, 6) is 0.346. The number of hydrogen-bond donors (Lipinski definition) is 1. The molecule has 0 radical (unpaired) electrons. The Balaban J connectivity index is 0.000000354. The number of rotatable bonds is 0. The van der Waals surface area contributed by atoms with Crippen LogP contribution >= 0.6 is 15.9 Å². The highest BCUT2D eigenvalue weighted by Gasteiger charge is 1.92. The summed E-state index contributed by atoms with van der Waals surface area (Å²) in [6, 6.07) is 5.34. The molecule has 0 amide bonds. The lowest BCUT2D eigenvalue weighted by molar-refractivity contribution is -0.106. The number of aryl methyl sites for hydroxylation is 1.